The van der Waals surface area contributed by atoms with Gasteiger partial charge in [-0.05, 0) is 44.0 Å². The Bertz CT molecular complexity index is 999. The van der Waals surface area contributed by atoms with Gasteiger partial charge < -0.3 is 19.5 Å². The number of furan rings is 1. The number of carbonyl (C=O) groups is 2. The van der Waals surface area contributed by atoms with Crippen LogP contribution >= 0.6 is 0 Å². The van der Waals surface area contributed by atoms with E-state index < -0.39 is 0 Å². The SMILES string of the molecule is Cc1ccc(CN(Cc2ccccc2)C(=O)CN(C(=O)NCc2ccccc2)C(C)C)o1. The maximum Gasteiger partial charge on any atom is 0.318 e. The van der Waals surface area contributed by atoms with E-state index in [0.717, 1.165) is 22.6 Å². The number of hydrogen-bond donors (Lipinski definition) is 1. The Hall–Kier alpha value is -3.54. The van der Waals surface area contributed by atoms with E-state index in [9.17, 15) is 9.59 Å². The second kappa shape index (κ2) is 11.2. The van der Waals surface area contributed by atoms with Crippen LogP contribution in [0.3, 0.4) is 0 Å². The van der Waals surface area contributed by atoms with Gasteiger partial charge in [0.25, 0.3) is 0 Å². The van der Waals surface area contributed by atoms with Gasteiger partial charge in [-0.1, -0.05) is 60.7 Å². The summed E-state index contributed by atoms with van der Waals surface area (Å²) in [4.78, 5) is 29.5. The van der Waals surface area contributed by atoms with Crippen molar-refractivity contribution in [2.75, 3.05) is 6.54 Å². The molecule has 1 N–H and O–H groups in total. The van der Waals surface area contributed by atoms with Crippen molar-refractivity contribution in [1.82, 2.24) is 15.1 Å². The van der Waals surface area contributed by atoms with Gasteiger partial charge in [-0.25, -0.2) is 4.79 Å². The maximum absolute atomic E-state index is 13.3. The number of rotatable bonds is 9. The molecule has 0 atom stereocenters. The Morgan fingerprint density at radius 2 is 1.50 bits per heavy atom. The molecule has 6 nitrogen and oxygen atoms in total. The fraction of sp³-hybridized carbons (Fsp3) is 0.308. The van der Waals surface area contributed by atoms with Crippen molar-refractivity contribution in [2.24, 2.45) is 0 Å². The molecule has 0 aliphatic carbocycles. The molecule has 1 heterocycles. The Morgan fingerprint density at radius 3 is 2.06 bits per heavy atom. The lowest BCUT2D eigenvalue weighted by Gasteiger charge is -2.30. The third-order valence-electron chi connectivity index (χ3n) is 5.19. The number of aryl methyl sites for hydroxylation is 1. The lowest BCUT2D eigenvalue weighted by molar-refractivity contribution is -0.133. The van der Waals surface area contributed by atoms with Crippen molar-refractivity contribution >= 4 is 11.9 Å². The fourth-order valence-electron chi connectivity index (χ4n) is 3.40. The maximum atomic E-state index is 13.3. The molecule has 0 saturated carbocycles. The van der Waals surface area contributed by atoms with Crippen LogP contribution in [0.1, 0.15) is 36.5 Å². The highest BCUT2D eigenvalue weighted by molar-refractivity contribution is 5.84. The van der Waals surface area contributed by atoms with E-state index in [1.165, 1.54) is 0 Å². The third kappa shape index (κ3) is 6.74. The predicted octanol–water partition coefficient (Wildman–Crippen LogP) is 4.74. The molecule has 0 aliphatic rings. The number of nitrogens with zero attached hydrogens (tertiary/aromatic N) is 2. The highest BCUT2D eigenvalue weighted by atomic mass is 16.3. The van der Waals surface area contributed by atoms with Crippen molar-refractivity contribution in [3.63, 3.8) is 0 Å². The largest absolute Gasteiger partial charge is 0.464 e. The summed E-state index contributed by atoms with van der Waals surface area (Å²) in [6.07, 6.45) is 0. The van der Waals surface area contributed by atoms with E-state index >= 15 is 0 Å². The molecule has 0 bridgehead atoms. The summed E-state index contributed by atoms with van der Waals surface area (Å²) in [7, 11) is 0. The molecule has 0 radical (unpaired) electrons. The molecule has 6 heteroatoms. The molecule has 3 rings (SSSR count). The number of amides is 3. The zero-order chi connectivity index (χ0) is 22.9. The van der Waals surface area contributed by atoms with Crippen LogP contribution in [0.25, 0.3) is 0 Å². The topological polar surface area (TPSA) is 65.8 Å². The van der Waals surface area contributed by atoms with Crippen molar-refractivity contribution in [1.29, 1.82) is 0 Å². The molecule has 0 fully saturated rings. The number of nitrogens with one attached hydrogen (secondary N) is 1. The zero-order valence-corrected chi connectivity index (χ0v) is 19.0. The molecule has 168 valence electrons. The molecule has 0 unspecified atom stereocenters. The molecular weight excluding hydrogens is 402 g/mol. The van der Waals surface area contributed by atoms with E-state index in [0.29, 0.717) is 19.6 Å². The van der Waals surface area contributed by atoms with Gasteiger partial charge in [-0.15, -0.1) is 0 Å². The van der Waals surface area contributed by atoms with Gasteiger partial charge in [0.05, 0.1) is 6.54 Å². The van der Waals surface area contributed by atoms with E-state index in [1.54, 1.807) is 9.80 Å². The van der Waals surface area contributed by atoms with Crippen LogP contribution in [0.15, 0.2) is 77.2 Å². The summed E-state index contributed by atoms with van der Waals surface area (Å²) in [5, 5.41) is 2.93. The molecular formula is C26H31N3O3. The highest BCUT2D eigenvalue weighted by Crippen LogP contribution is 2.14. The zero-order valence-electron chi connectivity index (χ0n) is 19.0. The number of urea groups is 1. The summed E-state index contributed by atoms with van der Waals surface area (Å²) in [6.45, 7) is 6.89. The van der Waals surface area contributed by atoms with Gasteiger partial charge in [-0.2, -0.15) is 0 Å². The van der Waals surface area contributed by atoms with E-state index in [2.05, 4.69) is 5.32 Å². The molecule has 32 heavy (non-hydrogen) atoms. The van der Waals surface area contributed by atoms with Gasteiger partial charge in [-0.3, -0.25) is 4.79 Å². The molecule has 1 aromatic heterocycles. The first kappa shape index (κ1) is 23.1. The van der Waals surface area contributed by atoms with Crippen molar-refractivity contribution in [2.45, 2.75) is 46.4 Å². The first-order chi connectivity index (χ1) is 15.4. The van der Waals surface area contributed by atoms with E-state index in [4.69, 9.17) is 4.42 Å². The fourth-order valence-corrected chi connectivity index (χ4v) is 3.40. The van der Waals surface area contributed by atoms with Gasteiger partial charge in [0.15, 0.2) is 0 Å². The van der Waals surface area contributed by atoms with Gasteiger partial charge in [0.1, 0.15) is 18.1 Å². The van der Waals surface area contributed by atoms with Crippen LogP contribution in [-0.2, 0) is 24.4 Å². The minimum absolute atomic E-state index is 0.00911. The van der Waals surface area contributed by atoms with Crippen molar-refractivity contribution in [3.05, 3.63) is 95.4 Å². The minimum atomic E-state index is -0.259. The standard InChI is InChI=1S/C26H31N3O3/c1-20(2)29(26(31)27-16-22-10-6-4-7-11-22)19-25(30)28(17-23-12-8-5-9-13-23)18-24-15-14-21(3)32-24/h4-15,20H,16-19H2,1-3H3,(H,27,31). The first-order valence-corrected chi connectivity index (χ1v) is 10.9. The summed E-state index contributed by atoms with van der Waals surface area (Å²) in [6, 6.07) is 22.9. The molecule has 0 spiro atoms. The molecule has 0 aliphatic heterocycles. The van der Waals surface area contributed by atoms with Crippen molar-refractivity contribution in [3.8, 4) is 0 Å². The van der Waals surface area contributed by atoms with Crippen molar-refractivity contribution < 1.29 is 14.0 Å². The van der Waals surface area contributed by atoms with Crippen LogP contribution in [0.5, 0.6) is 0 Å². The Balaban J connectivity index is 1.70. The Kier molecular flexibility index (Phi) is 8.08. The smallest absolute Gasteiger partial charge is 0.318 e. The average Bonchev–Trinajstić information content (AvgIpc) is 3.21. The second-order valence-corrected chi connectivity index (χ2v) is 8.11. The van der Waals surface area contributed by atoms with Crippen LogP contribution in [0, 0.1) is 6.92 Å². The lowest BCUT2D eigenvalue weighted by atomic mass is 10.2. The van der Waals surface area contributed by atoms with Crippen LogP contribution < -0.4 is 5.32 Å². The van der Waals surface area contributed by atoms with Gasteiger partial charge >= 0.3 is 6.03 Å². The molecule has 2 aromatic carbocycles. The van der Waals surface area contributed by atoms with E-state index in [1.807, 2.05) is 93.6 Å². The highest BCUT2D eigenvalue weighted by Gasteiger charge is 2.24. The molecule has 3 amide bonds. The predicted molar refractivity (Wildman–Crippen MR) is 125 cm³/mol. The monoisotopic (exact) mass is 433 g/mol. The number of carbonyl (C=O) groups excluding carboxylic acids is 2. The summed E-state index contributed by atoms with van der Waals surface area (Å²) < 4.78 is 5.70. The summed E-state index contributed by atoms with van der Waals surface area (Å²) in [5.74, 6) is 1.39. The lowest BCUT2D eigenvalue weighted by Crippen LogP contribution is -2.49. The van der Waals surface area contributed by atoms with Crippen LogP contribution in [-0.4, -0.2) is 34.3 Å². The molecule has 0 saturated heterocycles. The Morgan fingerprint density at radius 1 is 0.875 bits per heavy atom. The third-order valence-corrected chi connectivity index (χ3v) is 5.19. The second-order valence-electron chi connectivity index (χ2n) is 8.11. The number of hydrogen-bond acceptors (Lipinski definition) is 3. The summed E-state index contributed by atoms with van der Waals surface area (Å²) in [5.41, 5.74) is 2.03. The molecule has 3 aromatic rings. The first-order valence-electron chi connectivity index (χ1n) is 10.9. The van der Waals surface area contributed by atoms with E-state index in [-0.39, 0.29) is 24.5 Å². The summed E-state index contributed by atoms with van der Waals surface area (Å²) >= 11 is 0. The number of benzene rings is 2. The van der Waals surface area contributed by atoms with Gasteiger partial charge in [0.2, 0.25) is 5.91 Å². The Labute approximate surface area is 189 Å². The average molecular weight is 434 g/mol. The minimum Gasteiger partial charge on any atom is -0.464 e. The van der Waals surface area contributed by atoms with Crippen LogP contribution in [0.2, 0.25) is 0 Å². The quantitative estimate of drug-likeness (QED) is 0.530. The van der Waals surface area contributed by atoms with Gasteiger partial charge in [0, 0.05) is 19.1 Å². The normalized spacial score (nSPS) is 10.8. The van der Waals surface area contributed by atoms with Crippen LogP contribution in [0.4, 0.5) is 4.79 Å².